The van der Waals surface area contributed by atoms with Crippen molar-refractivity contribution >= 4 is 23.8 Å². The zero-order valence-corrected chi connectivity index (χ0v) is 19.8. The summed E-state index contributed by atoms with van der Waals surface area (Å²) in [7, 11) is 1.63. The molecule has 0 spiro atoms. The molecule has 0 aliphatic carbocycles. The minimum Gasteiger partial charge on any atom is -0.460 e. The van der Waals surface area contributed by atoms with Crippen LogP contribution >= 0.6 is 0 Å². The van der Waals surface area contributed by atoms with E-state index in [1.807, 2.05) is 0 Å². The molecule has 0 rings (SSSR count). The Morgan fingerprint density at radius 1 is 0.806 bits per heavy atom. The zero-order chi connectivity index (χ0) is 24.9. The maximum absolute atomic E-state index is 11.4. The fraction of sp³-hybridized carbons (Fsp3) is 0.478. The van der Waals surface area contributed by atoms with Crippen molar-refractivity contribution in [2.45, 2.75) is 47.1 Å². The van der Waals surface area contributed by atoms with E-state index in [1.165, 1.54) is 4.90 Å². The number of likely N-dealkylation sites (N-methyl/N-ethyl adjacent to an activating group) is 1. The number of carbonyl (C=O) groups excluding carboxylic acids is 4. The molecule has 0 unspecified atom stereocenters. The Morgan fingerprint density at radius 2 is 1.26 bits per heavy atom. The molecule has 0 aliphatic rings. The lowest BCUT2D eigenvalue weighted by atomic mass is 10.1. The highest BCUT2D eigenvalue weighted by Gasteiger charge is 2.22. The molecule has 0 atom stereocenters. The Kier molecular flexibility index (Phi) is 13.5. The fourth-order valence-electron chi connectivity index (χ4n) is 1.65. The molecule has 2 amide bonds. The van der Waals surface area contributed by atoms with Crippen molar-refractivity contribution in [2.24, 2.45) is 0 Å². The van der Waals surface area contributed by atoms with Gasteiger partial charge in [-0.2, -0.15) is 0 Å². The molecule has 0 aromatic heterocycles. The van der Waals surface area contributed by atoms with Crippen LogP contribution in [0.25, 0.3) is 0 Å². The molecule has 0 saturated carbocycles. The fourth-order valence-corrected chi connectivity index (χ4v) is 1.65. The van der Waals surface area contributed by atoms with E-state index in [2.05, 4.69) is 31.6 Å². The average Bonchev–Trinajstić information content (AvgIpc) is 2.64. The number of carbonyl (C=O) groups is 4. The first-order chi connectivity index (χ1) is 14.0. The van der Waals surface area contributed by atoms with Gasteiger partial charge in [0.2, 0.25) is 11.8 Å². The number of rotatable bonds is 10. The van der Waals surface area contributed by atoms with Crippen molar-refractivity contribution in [3.63, 3.8) is 0 Å². The summed E-state index contributed by atoms with van der Waals surface area (Å²) in [6.07, 6.45) is 0. The Balaban J connectivity index is 0. The van der Waals surface area contributed by atoms with Crippen LogP contribution in [0.4, 0.5) is 0 Å². The van der Waals surface area contributed by atoms with Crippen LogP contribution in [0.15, 0.2) is 48.6 Å². The zero-order valence-electron chi connectivity index (χ0n) is 19.8. The molecule has 0 aromatic rings. The molecule has 0 saturated heterocycles. The Hall–Kier alpha value is -3.16. The minimum atomic E-state index is -0.624. The number of amides is 2. The van der Waals surface area contributed by atoms with Crippen molar-refractivity contribution in [1.29, 1.82) is 0 Å². The Morgan fingerprint density at radius 3 is 1.65 bits per heavy atom. The first-order valence-electron chi connectivity index (χ1n) is 9.56. The molecule has 31 heavy (non-hydrogen) atoms. The van der Waals surface area contributed by atoms with E-state index >= 15 is 0 Å². The van der Waals surface area contributed by atoms with Crippen molar-refractivity contribution in [1.82, 2.24) is 10.2 Å². The topological polar surface area (TPSA) is 102 Å². The molecule has 8 heteroatoms. The monoisotopic (exact) mass is 436 g/mol. The summed E-state index contributed by atoms with van der Waals surface area (Å²) in [6, 6.07) is 0. The van der Waals surface area contributed by atoms with Gasteiger partial charge in [0.15, 0.2) is 0 Å². The van der Waals surface area contributed by atoms with E-state index in [-0.39, 0.29) is 25.0 Å². The Labute approximate surface area is 185 Å². The third-order valence-corrected chi connectivity index (χ3v) is 3.47. The predicted molar refractivity (Wildman–Crippen MR) is 121 cm³/mol. The number of esters is 2. The van der Waals surface area contributed by atoms with E-state index in [0.717, 1.165) is 0 Å². The molecule has 0 radical (unpaired) electrons. The van der Waals surface area contributed by atoms with E-state index in [0.29, 0.717) is 28.8 Å². The first-order valence-corrected chi connectivity index (χ1v) is 9.56. The van der Waals surface area contributed by atoms with Gasteiger partial charge in [0.25, 0.3) is 0 Å². The molecular weight excluding hydrogens is 400 g/mol. The number of hydrogen-bond donors (Lipinski definition) is 1. The molecule has 0 heterocycles. The summed E-state index contributed by atoms with van der Waals surface area (Å²) in [6.45, 7) is 24.5. The molecule has 1 N–H and O–H groups in total. The first kappa shape index (κ1) is 30.0. The summed E-state index contributed by atoms with van der Waals surface area (Å²) in [5.74, 6) is -1.30. The van der Waals surface area contributed by atoms with Crippen LogP contribution in [0.1, 0.15) is 41.5 Å². The van der Waals surface area contributed by atoms with Gasteiger partial charge in [-0.3, -0.25) is 9.59 Å². The van der Waals surface area contributed by atoms with Crippen LogP contribution in [-0.2, 0) is 28.7 Å². The average molecular weight is 437 g/mol. The van der Waals surface area contributed by atoms with Gasteiger partial charge in [0, 0.05) is 29.3 Å². The third-order valence-electron chi connectivity index (χ3n) is 3.47. The lowest BCUT2D eigenvalue weighted by Crippen LogP contribution is -2.47. The van der Waals surface area contributed by atoms with Gasteiger partial charge >= 0.3 is 11.9 Å². The summed E-state index contributed by atoms with van der Waals surface area (Å²) < 4.78 is 9.81. The molecule has 0 aromatic carbocycles. The van der Waals surface area contributed by atoms with Crippen LogP contribution in [0, 0.1) is 0 Å². The molecular formula is C23H36N2O6. The molecule has 8 nitrogen and oxygen atoms in total. The standard InChI is InChI=1S/C12H19NO3.C11H17NO3/c1-8(2)10(14)13-12(5,6)7-16-11(15)9(3)4;1-8(2)10(13)12(5)6-7-15-11(14)9(3)4/h1,3,7H2,2,4-6H3,(H,13,14);1,3,6-7H2,2,4-5H3. The van der Waals surface area contributed by atoms with E-state index in [4.69, 9.17) is 9.47 Å². The second-order valence-electron chi connectivity index (χ2n) is 7.90. The quantitative estimate of drug-likeness (QED) is 0.417. The maximum atomic E-state index is 11.4. The van der Waals surface area contributed by atoms with Crippen molar-refractivity contribution in [3.8, 4) is 0 Å². The van der Waals surface area contributed by atoms with Crippen molar-refractivity contribution in [2.75, 3.05) is 26.8 Å². The minimum absolute atomic E-state index is 0.0950. The molecule has 0 bridgehead atoms. The highest BCUT2D eigenvalue weighted by molar-refractivity contribution is 5.93. The third kappa shape index (κ3) is 14.5. The van der Waals surface area contributed by atoms with Crippen LogP contribution in [0.5, 0.6) is 0 Å². The summed E-state index contributed by atoms with van der Waals surface area (Å²) in [4.78, 5) is 46.3. The SMILES string of the molecule is C=C(C)C(=O)NC(C)(C)COC(=O)C(=C)C.C=C(C)C(=O)OCCN(C)C(=O)C(=C)C. The van der Waals surface area contributed by atoms with E-state index in [1.54, 1.807) is 48.6 Å². The van der Waals surface area contributed by atoms with E-state index in [9.17, 15) is 19.2 Å². The number of nitrogens with zero attached hydrogens (tertiary/aromatic N) is 1. The normalized spacial score (nSPS) is 9.90. The van der Waals surface area contributed by atoms with E-state index < -0.39 is 17.5 Å². The van der Waals surface area contributed by atoms with Crippen molar-refractivity contribution < 1.29 is 28.7 Å². The lowest BCUT2D eigenvalue weighted by Gasteiger charge is -2.25. The molecule has 0 aliphatic heterocycles. The summed E-state index contributed by atoms with van der Waals surface area (Å²) >= 11 is 0. The second kappa shape index (κ2) is 14.0. The predicted octanol–water partition coefficient (Wildman–Crippen LogP) is 2.72. The van der Waals surface area contributed by atoms with Gasteiger partial charge < -0.3 is 19.7 Å². The highest BCUT2D eigenvalue weighted by Crippen LogP contribution is 2.06. The van der Waals surface area contributed by atoms with Gasteiger partial charge in [0.1, 0.15) is 13.2 Å². The molecule has 174 valence electrons. The van der Waals surface area contributed by atoms with Gasteiger partial charge in [-0.15, -0.1) is 0 Å². The molecule has 0 fully saturated rings. The van der Waals surface area contributed by atoms with Crippen LogP contribution in [0.3, 0.4) is 0 Å². The number of nitrogens with one attached hydrogen (secondary N) is 1. The second-order valence-corrected chi connectivity index (χ2v) is 7.90. The number of hydrogen-bond acceptors (Lipinski definition) is 6. The highest BCUT2D eigenvalue weighted by atomic mass is 16.5. The van der Waals surface area contributed by atoms with Crippen LogP contribution < -0.4 is 5.32 Å². The van der Waals surface area contributed by atoms with Crippen LogP contribution in [-0.4, -0.2) is 61.0 Å². The van der Waals surface area contributed by atoms with Crippen molar-refractivity contribution in [3.05, 3.63) is 48.6 Å². The Bertz CT molecular complexity index is 749. The van der Waals surface area contributed by atoms with Gasteiger partial charge in [-0.1, -0.05) is 26.3 Å². The summed E-state index contributed by atoms with van der Waals surface area (Å²) in [5.41, 5.74) is 0.940. The summed E-state index contributed by atoms with van der Waals surface area (Å²) in [5, 5.41) is 2.70. The number of ether oxygens (including phenoxy) is 2. The van der Waals surface area contributed by atoms with Gasteiger partial charge in [-0.05, 0) is 41.5 Å². The maximum Gasteiger partial charge on any atom is 0.333 e. The lowest BCUT2D eigenvalue weighted by molar-refractivity contribution is -0.141. The van der Waals surface area contributed by atoms with Crippen LogP contribution in [0.2, 0.25) is 0 Å². The largest absolute Gasteiger partial charge is 0.460 e. The van der Waals surface area contributed by atoms with Gasteiger partial charge in [0.05, 0.1) is 12.1 Å². The van der Waals surface area contributed by atoms with Gasteiger partial charge in [-0.25, -0.2) is 9.59 Å². The smallest absolute Gasteiger partial charge is 0.333 e.